The zero-order valence-corrected chi connectivity index (χ0v) is 20.1. The fourth-order valence-corrected chi connectivity index (χ4v) is 3.85. The molecule has 0 radical (unpaired) electrons. The molecule has 36 heavy (non-hydrogen) atoms. The van der Waals surface area contributed by atoms with Crippen molar-refractivity contribution < 1.29 is 27.8 Å². The van der Waals surface area contributed by atoms with Crippen molar-refractivity contribution in [3.63, 3.8) is 0 Å². The van der Waals surface area contributed by atoms with Crippen LogP contribution in [-0.4, -0.2) is 64.9 Å². The number of hydrogen-bond acceptors (Lipinski definition) is 6. The highest BCUT2D eigenvalue weighted by Gasteiger charge is 2.36. The minimum atomic E-state index is -3.25. The summed E-state index contributed by atoms with van der Waals surface area (Å²) < 4.78 is 44.1. The fourth-order valence-electron chi connectivity index (χ4n) is 3.55. The SMILES string of the molecule is CCN(C(=O)CO)C1CN(/C(=N\C#N)Nc2cccc(OC(F)F)c2F)N=C1c1ccc(Cl)c(Cl)c1. The fraction of sp³-hybridized carbons (Fsp3) is 0.273. The molecular formula is C22H19Cl2F3N6O3. The molecule has 0 fully saturated rings. The van der Waals surface area contributed by atoms with Crippen LogP contribution in [0.3, 0.4) is 0 Å². The van der Waals surface area contributed by atoms with Crippen LogP contribution in [0.4, 0.5) is 18.9 Å². The lowest BCUT2D eigenvalue weighted by molar-refractivity contribution is -0.135. The number of carbonyl (C=O) groups is 1. The first-order chi connectivity index (χ1) is 17.2. The topological polar surface area (TPSA) is 114 Å². The lowest BCUT2D eigenvalue weighted by atomic mass is 10.0. The van der Waals surface area contributed by atoms with Gasteiger partial charge in [-0.2, -0.15) is 19.1 Å². The summed E-state index contributed by atoms with van der Waals surface area (Å²) in [5.74, 6) is -2.68. The van der Waals surface area contributed by atoms with Gasteiger partial charge >= 0.3 is 6.61 Å². The number of rotatable bonds is 7. The molecule has 2 N–H and O–H groups in total. The minimum absolute atomic E-state index is 0.0441. The molecule has 1 atom stereocenters. The molecule has 0 aromatic heterocycles. The number of nitrogens with zero attached hydrogens (tertiary/aromatic N) is 5. The first kappa shape index (κ1) is 27.1. The number of ether oxygens (including phenoxy) is 1. The van der Waals surface area contributed by atoms with Gasteiger partial charge in [-0.25, -0.2) is 9.40 Å². The summed E-state index contributed by atoms with van der Waals surface area (Å²) in [6, 6.07) is 7.48. The number of amides is 1. The Bertz CT molecular complexity index is 1240. The van der Waals surface area contributed by atoms with Crippen LogP contribution >= 0.6 is 23.2 Å². The number of likely N-dealkylation sites (N-methyl/N-ethyl adjacent to an activating group) is 1. The molecule has 2 aromatic carbocycles. The van der Waals surface area contributed by atoms with Crippen LogP contribution in [0, 0.1) is 17.3 Å². The number of aliphatic hydroxyl groups excluding tert-OH is 1. The first-order valence-corrected chi connectivity index (χ1v) is 11.1. The second kappa shape index (κ2) is 11.9. The predicted molar refractivity (Wildman–Crippen MR) is 128 cm³/mol. The zero-order chi connectivity index (χ0) is 26.4. The van der Waals surface area contributed by atoms with Gasteiger partial charge in [0.25, 0.3) is 0 Å². The van der Waals surface area contributed by atoms with E-state index in [-0.39, 0.29) is 29.8 Å². The second-order valence-electron chi connectivity index (χ2n) is 7.21. The number of aliphatic hydroxyl groups is 1. The molecule has 3 rings (SSSR count). The summed E-state index contributed by atoms with van der Waals surface area (Å²) in [5.41, 5.74) is 0.520. The van der Waals surface area contributed by atoms with Gasteiger partial charge in [-0.15, -0.1) is 4.99 Å². The van der Waals surface area contributed by atoms with Gasteiger partial charge in [0.05, 0.1) is 34.0 Å². The molecule has 14 heteroatoms. The van der Waals surface area contributed by atoms with E-state index in [1.165, 1.54) is 34.2 Å². The highest BCUT2D eigenvalue weighted by atomic mass is 35.5. The van der Waals surface area contributed by atoms with Gasteiger partial charge in [0.2, 0.25) is 18.1 Å². The van der Waals surface area contributed by atoms with Gasteiger partial charge < -0.3 is 20.1 Å². The lowest BCUT2D eigenvalue weighted by Crippen LogP contribution is -2.48. The summed E-state index contributed by atoms with van der Waals surface area (Å²) >= 11 is 12.2. The number of alkyl halides is 2. The number of halogens is 5. The Balaban J connectivity index is 2.02. The molecule has 1 unspecified atom stereocenters. The minimum Gasteiger partial charge on any atom is -0.432 e. The number of guanidine groups is 1. The molecule has 2 aromatic rings. The van der Waals surface area contributed by atoms with E-state index in [2.05, 4.69) is 20.1 Å². The van der Waals surface area contributed by atoms with E-state index in [1.807, 2.05) is 0 Å². The molecule has 1 heterocycles. The van der Waals surface area contributed by atoms with E-state index in [0.29, 0.717) is 16.3 Å². The maximum Gasteiger partial charge on any atom is 0.387 e. The number of hydrazone groups is 1. The van der Waals surface area contributed by atoms with Crippen LogP contribution in [0.1, 0.15) is 12.5 Å². The van der Waals surface area contributed by atoms with Crippen LogP contribution in [0.5, 0.6) is 5.75 Å². The zero-order valence-electron chi connectivity index (χ0n) is 18.6. The van der Waals surface area contributed by atoms with Crippen LogP contribution < -0.4 is 10.1 Å². The van der Waals surface area contributed by atoms with E-state index in [1.54, 1.807) is 19.2 Å². The molecule has 0 saturated heterocycles. The standard InChI is InChI=1S/C22H19Cl2F3N6O3/c1-2-32(18(35)10-34)16-9-33(31-20(16)12-6-7-13(23)14(24)8-12)22(29-11-28)30-15-4-3-5-17(19(15)25)36-21(26)27/h3-8,16,21,34H,2,9-10H2,1H3,(H,29,30). The van der Waals surface area contributed by atoms with Crippen molar-refractivity contribution in [2.45, 2.75) is 19.6 Å². The van der Waals surface area contributed by atoms with Crippen molar-refractivity contribution in [3.8, 4) is 11.9 Å². The molecule has 9 nitrogen and oxygen atoms in total. The second-order valence-corrected chi connectivity index (χ2v) is 8.02. The van der Waals surface area contributed by atoms with Crippen LogP contribution in [-0.2, 0) is 4.79 Å². The van der Waals surface area contributed by atoms with Crippen LogP contribution in [0.2, 0.25) is 10.0 Å². The summed E-state index contributed by atoms with van der Waals surface area (Å²) in [6.07, 6.45) is 1.58. The van der Waals surface area contributed by atoms with Crippen LogP contribution in [0.15, 0.2) is 46.5 Å². The first-order valence-electron chi connectivity index (χ1n) is 10.4. The largest absolute Gasteiger partial charge is 0.432 e. The molecule has 1 amide bonds. The van der Waals surface area contributed by atoms with E-state index in [9.17, 15) is 28.3 Å². The van der Waals surface area contributed by atoms with E-state index < -0.39 is 36.7 Å². The van der Waals surface area contributed by atoms with Gasteiger partial charge in [0, 0.05) is 12.1 Å². The number of nitriles is 1. The number of hydrogen-bond donors (Lipinski definition) is 2. The number of anilines is 1. The monoisotopic (exact) mass is 542 g/mol. The smallest absolute Gasteiger partial charge is 0.387 e. The average Bonchev–Trinajstić information content (AvgIpc) is 3.28. The highest BCUT2D eigenvalue weighted by Crippen LogP contribution is 2.29. The van der Waals surface area contributed by atoms with Crippen molar-refractivity contribution in [3.05, 3.63) is 57.8 Å². The van der Waals surface area contributed by atoms with Gasteiger partial charge in [0.1, 0.15) is 6.61 Å². The van der Waals surface area contributed by atoms with Gasteiger partial charge in [0.15, 0.2) is 11.6 Å². The normalized spacial score (nSPS) is 15.5. The average molecular weight is 543 g/mol. The third-order valence-corrected chi connectivity index (χ3v) is 5.84. The number of carbonyl (C=O) groups excluding carboxylic acids is 1. The molecule has 0 saturated carbocycles. The predicted octanol–water partition coefficient (Wildman–Crippen LogP) is 3.91. The number of nitrogens with one attached hydrogen (secondary N) is 1. The van der Waals surface area contributed by atoms with Gasteiger partial charge in [-0.1, -0.05) is 35.3 Å². The maximum absolute atomic E-state index is 14.7. The third-order valence-electron chi connectivity index (χ3n) is 5.10. The summed E-state index contributed by atoms with van der Waals surface area (Å²) in [5, 5.41) is 27.4. The molecule has 1 aliphatic heterocycles. The summed E-state index contributed by atoms with van der Waals surface area (Å²) in [7, 11) is 0. The van der Waals surface area contributed by atoms with E-state index in [0.717, 1.165) is 6.07 Å². The Morgan fingerprint density at radius 3 is 2.75 bits per heavy atom. The van der Waals surface area contributed by atoms with Crippen molar-refractivity contribution in [2.24, 2.45) is 10.1 Å². The Hall–Kier alpha value is -3.53. The maximum atomic E-state index is 14.7. The van der Waals surface area contributed by atoms with Crippen molar-refractivity contribution in [2.75, 3.05) is 25.0 Å². The Morgan fingerprint density at radius 1 is 1.39 bits per heavy atom. The molecule has 0 aliphatic carbocycles. The summed E-state index contributed by atoms with van der Waals surface area (Å²) in [4.78, 5) is 17.4. The lowest BCUT2D eigenvalue weighted by Gasteiger charge is -2.28. The summed E-state index contributed by atoms with van der Waals surface area (Å²) in [6.45, 7) is -2.13. The number of benzene rings is 2. The molecule has 190 valence electrons. The molecular weight excluding hydrogens is 524 g/mol. The van der Waals surface area contributed by atoms with Crippen molar-refractivity contribution in [1.82, 2.24) is 9.91 Å². The quantitative estimate of drug-likeness (QED) is 0.311. The number of aliphatic imine (C=N–C) groups is 1. The molecule has 0 bridgehead atoms. The highest BCUT2D eigenvalue weighted by molar-refractivity contribution is 6.42. The van der Waals surface area contributed by atoms with E-state index in [4.69, 9.17) is 23.2 Å². The molecule has 1 aliphatic rings. The van der Waals surface area contributed by atoms with Gasteiger partial charge in [-0.05, 0) is 31.2 Å². The Labute approximate surface area is 214 Å². The van der Waals surface area contributed by atoms with Crippen LogP contribution in [0.25, 0.3) is 0 Å². The van der Waals surface area contributed by atoms with Crippen molar-refractivity contribution in [1.29, 1.82) is 5.26 Å². The third kappa shape index (κ3) is 5.99. The Morgan fingerprint density at radius 2 is 2.14 bits per heavy atom. The molecule has 0 spiro atoms. The van der Waals surface area contributed by atoms with Gasteiger partial charge in [-0.3, -0.25) is 4.79 Å². The van der Waals surface area contributed by atoms with E-state index >= 15 is 0 Å². The Kier molecular flexibility index (Phi) is 8.98. The van der Waals surface area contributed by atoms with Crippen molar-refractivity contribution >= 4 is 46.5 Å².